The summed E-state index contributed by atoms with van der Waals surface area (Å²) in [5, 5.41) is 3.44. The lowest BCUT2D eigenvalue weighted by Gasteiger charge is -2.09. The number of carbonyl (C=O) groups is 1. The molecule has 0 atom stereocenters. The van der Waals surface area contributed by atoms with Crippen LogP contribution in [0.3, 0.4) is 0 Å². The first kappa shape index (κ1) is 15.5. The molecule has 6 nitrogen and oxygen atoms in total. The van der Waals surface area contributed by atoms with E-state index in [0.29, 0.717) is 32.6 Å². The number of ether oxygens (including phenoxy) is 1. The van der Waals surface area contributed by atoms with Crippen molar-refractivity contribution >= 4 is 45.9 Å². The molecule has 8 heteroatoms. The summed E-state index contributed by atoms with van der Waals surface area (Å²) in [4.78, 5) is 25.5. The lowest BCUT2D eigenvalue weighted by atomic mass is 10.3. The maximum Gasteiger partial charge on any atom is 0.417 e. The lowest BCUT2D eigenvalue weighted by Crippen LogP contribution is -2.20. The number of nitrogens with one attached hydrogen (secondary N) is 2. The summed E-state index contributed by atoms with van der Waals surface area (Å²) in [7, 11) is 0. The van der Waals surface area contributed by atoms with Gasteiger partial charge in [0.1, 0.15) is 5.75 Å². The number of aromatic amines is 1. The summed E-state index contributed by atoms with van der Waals surface area (Å²) < 4.78 is 10.3. The van der Waals surface area contributed by atoms with Gasteiger partial charge in [-0.05, 0) is 30.3 Å². The summed E-state index contributed by atoms with van der Waals surface area (Å²) in [6.07, 6.45) is 0. The Morgan fingerprint density at radius 3 is 2.83 bits per heavy atom. The van der Waals surface area contributed by atoms with Gasteiger partial charge in [0.15, 0.2) is 12.2 Å². The molecule has 3 aromatic rings. The number of rotatable bonds is 4. The van der Waals surface area contributed by atoms with Crippen LogP contribution in [-0.2, 0) is 4.79 Å². The van der Waals surface area contributed by atoms with Gasteiger partial charge in [-0.1, -0.05) is 23.2 Å². The van der Waals surface area contributed by atoms with Crippen LogP contribution in [0.2, 0.25) is 10.0 Å². The quantitative estimate of drug-likeness (QED) is 0.753. The van der Waals surface area contributed by atoms with Gasteiger partial charge in [-0.25, -0.2) is 4.79 Å². The molecule has 1 heterocycles. The molecular formula is C15H10Cl2N2O4. The minimum Gasteiger partial charge on any atom is -0.482 e. The van der Waals surface area contributed by atoms with Crippen molar-refractivity contribution in [1.29, 1.82) is 0 Å². The van der Waals surface area contributed by atoms with Crippen molar-refractivity contribution in [3.8, 4) is 5.75 Å². The zero-order chi connectivity index (χ0) is 16.4. The van der Waals surface area contributed by atoms with Crippen LogP contribution in [0, 0.1) is 0 Å². The third-order valence-electron chi connectivity index (χ3n) is 2.96. The Morgan fingerprint density at radius 2 is 2.04 bits per heavy atom. The van der Waals surface area contributed by atoms with Crippen molar-refractivity contribution in [2.45, 2.75) is 0 Å². The third-order valence-corrected chi connectivity index (χ3v) is 3.49. The Labute approximate surface area is 140 Å². The normalized spacial score (nSPS) is 10.7. The van der Waals surface area contributed by atoms with Gasteiger partial charge in [0, 0.05) is 16.8 Å². The van der Waals surface area contributed by atoms with E-state index in [-0.39, 0.29) is 12.5 Å². The Kier molecular flexibility index (Phi) is 4.27. The molecule has 0 radical (unpaired) electrons. The fraction of sp³-hybridized carbons (Fsp3) is 0.0667. The lowest BCUT2D eigenvalue weighted by molar-refractivity contribution is -0.118. The maximum atomic E-state index is 11.9. The average molecular weight is 353 g/mol. The van der Waals surface area contributed by atoms with E-state index in [2.05, 4.69) is 10.3 Å². The molecule has 1 amide bonds. The summed E-state index contributed by atoms with van der Waals surface area (Å²) in [6, 6.07) is 9.54. The van der Waals surface area contributed by atoms with Gasteiger partial charge >= 0.3 is 5.76 Å². The van der Waals surface area contributed by atoms with E-state index in [4.69, 9.17) is 32.4 Å². The first-order valence-corrected chi connectivity index (χ1v) is 7.27. The zero-order valence-corrected chi connectivity index (χ0v) is 13.1. The summed E-state index contributed by atoms with van der Waals surface area (Å²) in [5.74, 6) is -0.573. The molecule has 2 N–H and O–H groups in total. The molecule has 0 aliphatic rings. The van der Waals surface area contributed by atoms with E-state index in [1.165, 1.54) is 6.07 Å². The molecule has 0 fully saturated rings. The Morgan fingerprint density at radius 1 is 1.22 bits per heavy atom. The van der Waals surface area contributed by atoms with Crippen molar-refractivity contribution < 1.29 is 13.9 Å². The van der Waals surface area contributed by atoms with Gasteiger partial charge in [0.25, 0.3) is 5.91 Å². The number of oxazole rings is 1. The fourth-order valence-corrected chi connectivity index (χ4v) is 2.42. The van der Waals surface area contributed by atoms with Crippen LogP contribution in [-0.4, -0.2) is 17.5 Å². The minimum absolute atomic E-state index is 0.226. The van der Waals surface area contributed by atoms with Crippen LogP contribution in [0.25, 0.3) is 11.1 Å². The number of hydrogen-bond donors (Lipinski definition) is 2. The molecule has 23 heavy (non-hydrogen) atoms. The number of amides is 1. The molecule has 0 unspecified atom stereocenters. The van der Waals surface area contributed by atoms with Gasteiger partial charge in [-0.2, -0.15) is 0 Å². The number of anilines is 1. The van der Waals surface area contributed by atoms with Crippen LogP contribution in [0.5, 0.6) is 5.75 Å². The van der Waals surface area contributed by atoms with Crippen molar-refractivity contribution in [2.24, 2.45) is 0 Å². The van der Waals surface area contributed by atoms with Crippen molar-refractivity contribution in [3.05, 3.63) is 57.0 Å². The summed E-state index contributed by atoms with van der Waals surface area (Å²) >= 11 is 11.7. The van der Waals surface area contributed by atoms with Crippen LogP contribution < -0.4 is 15.8 Å². The molecule has 0 saturated heterocycles. The maximum absolute atomic E-state index is 11.9. The predicted molar refractivity (Wildman–Crippen MR) is 87.4 cm³/mol. The van der Waals surface area contributed by atoms with Gasteiger partial charge in [-0.15, -0.1) is 0 Å². The highest BCUT2D eigenvalue weighted by Gasteiger charge is 2.08. The van der Waals surface area contributed by atoms with E-state index >= 15 is 0 Å². The fourth-order valence-electron chi connectivity index (χ4n) is 1.96. The Balaban J connectivity index is 1.64. The highest BCUT2D eigenvalue weighted by molar-refractivity contribution is 6.35. The largest absolute Gasteiger partial charge is 0.482 e. The monoisotopic (exact) mass is 352 g/mol. The van der Waals surface area contributed by atoms with E-state index in [9.17, 15) is 9.59 Å². The second-order valence-electron chi connectivity index (χ2n) is 4.64. The Hall–Kier alpha value is -2.44. The SMILES string of the molecule is O=C(COc1ccc(Cl)cc1Cl)Nc1ccc2[nH]c(=O)oc2c1. The van der Waals surface area contributed by atoms with E-state index in [1.807, 2.05) is 0 Å². The van der Waals surface area contributed by atoms with Crippen LogP contribution in [0.4, 0.5) is 5.69 Å². The van der Waals surface area contributed by atoms with E-state index in [0.717, 1.165) is 0 Å². The average Bonchev–Trinajstić information content (AvgIpc) is 2.85. The second kappa shape index (κ2) is 6.36. The number of fused-ring (bicyclic) bond motifs is 1. The van der Waals surface area contributed by atoms with Crippen molar-refractivity contribution in [3.63, 3.8) is 0 Å². The molecule has 2 aromatic carbocycles. The minimum atomic E-state index is -0.552. The van der Waals surface area contributed by atoms with Gasteiger partial charge in [-0.3, -0.25) is 9.78 Å². The first-order valence-electron chi connectivity index (χ1n) is 6.52. The number of aromatic nitrogens is 1. The van der Waals surface area contributed by atoms with Gasteiger partial charge in [0.2, 0.25) is 0 Å². The highest BCUT2D eigenvalue weighted by Crippen LogP contribution is 2.27. The first-order chi connectivity index (χ1) is 11.0. The molecule has 1 aromatic heterocycles. The van der Waals surface area contributed by atoms with Crippen molar-refractivity contribution in [2.75, 3.05) is 11.9 Å². The van der Waals surface area contributed by atoms with Crippen LogP contribution >= 0.6 is 23.2 Å². The standard InChI is InChI=1S/C15H10Cl2N2O4/c16-8-1-4-12(10(17)5-8)22-7-14(20)18-9-2-3-11-13(6-9)23-15(21)19-11/h1-6H,7H2,(H,18,20)(H,19,21). The molecule has 0 saturated carbocycles. The molecule has 0 bridgehead atoms. The van der Waals surface area contributed by atoms with E-state index < -0.39 is 5.76 Å². The number of hydrogen-bond acceptors (Lipinski definition) is 4. The topological polar surface area (TPSA) is 84.3 Å². The zero-order valence-electron chi connectivity index (χ0n) is 11.6. The molecule has 3 rings (SSSR count). The summed E-state index contributed by atoms with van der Waals surface area (Å²) in [5.41, 5.74) is 1.39. The smallest absolute Gasteiger partial charge is 0.417 e. The molecule has 0 aliphatic heterocycles. The number of halogens is 2. The van der Waals surface area contributed by atoms with Crippen LogP contribution in [0.1, 0.15) is 0 Å². The molecule has 118 valence electrons. The van der Waals surface area contributed by atoms with E-state index in [1.54, 1.807) is 30.3 Å². The van der Waals surface area contributed by atoms with Gasteiger partial charge < -0.3 is 14.5 Å². The molecule has 0 spiro atoms. The van der Waals surface area contributed by atoms with Crippen molar-refractivity contribution in [1.82, 2.24) is 4.98 Å². The molecular weight excluding hydrogens is 343 g/mol. The predicted octanol–water partition coefficient (Wildman–Crippen LogP) is 3.45. The van der Waals surface area contributed by atoms with Gasteiger partial charge in [0.05, 0.1) is 10.5 Å². The highest BCUT2D eigenvalue weighted by atomic mass is 35.5. The van der Waals surface area contributed by atoms with Crippen LogP contribution in [0.15, 0.2) is 45.6 Å². The number of H-pyrrole nitrogens is 1. The number of benzene rings is 2. The number of carbonyl (C=O) groups excluding carboxylic acids is 1. The second-order valence-corrected chi connectivity index (χ2v) is 5.48. The third kappa shape index (κ3) is 3.67. The summed E-state index contributed by atoms with van der Waals surface area (Å²) in [6.45, 7) is -0.226. The Bertz CT molecular complexity index is 933. The molecule has 0 aliphatic carbocycles.